The number of aryl methyl sites for hydroxylation is 1. The summed E-state index contributed by atoms with van der Waals surface area (Å²) < 4.78 is 30.2. The third-order valence-corrected chi connectivity index (χ3v) is 8.02. The van der Waals surface area contributed by atoms with Gasteiger partial charge in [0.15, 0.2) is 0 Å². The summed E-state index contributed by atoms with van der Waals surface area (Å²) in [6.07, 6.45) is 4.67. The summed E-state index contributed by atoms with van der Waals surface area (Å²) in [6.45, 7) is 11.0. The van der Waals surface area contributed by atoms with Crippen LogP contribution in [0, 0.1) is 34.6 Å². The van der Waals surface area contributed by atoms with Crippen molar-refractivity contribution in [3.05, 3.63) is 45.8 Å². The van der Waals surface area contributed by atoms with Gasteiger partial charge < -0.3 is 0 Å². The Bertz CT molecular complexity index is 899. The first kappa shape index (κ1) is 18.1. The van der Waals surface area contributed by atoms with E-state index in [2.05, 4.69) is 12.0 Å². The first-order valence-corrected chi connectivity index (χ1v) is 10.1. The molecular weight excluding hydrogens is 334 g/mol. The van der Waals surface area contributed by atoms with E-state index in [1.807, 2.05) is 47.1 Å². The molecule has 2 aromatic rings. The smallest absolute Gasteiger partial charge is 0.243 e. The van der Waals surface area contributed by atoms with Crippen LogP contribution in [0.2, 0.25) is 0 Å². The van der Waals surface area contributed by atoms with E-state index in [-0.39, 0.29) is 5.92 Å². The molecule has 0 N–H and O–H groups in total. The highest BCUT2D eigenvalue weighted by molar-refractivity contribution is 7.89. The summed E-state index contributed by atoms with van der Waals surface area (Å²) >= 11 is 0. The number of hydrogen-bond acceptors (Lipinski definition) is 3. The molecule has 0 radical (unpaired) electrons. The molecule has 136 valence electrons. The van der Waals surface area contributed by atoms with Gasteiger partial charge in [-0.1, -0.05) is 0 Å². The van der Waals surface area contributed by atoms with E-state index < -0.39 is 10.0 Å². The monoisotopic (exact) mass is 361 g/mol. The Morgan fingerprint density at radius 3 is 2.08 bits per heavy atom. The average Bonchev–Trinajstić information content (AvgIpc) is 3.20. The molecule has 1 aromatic carbocycles. The molecule has 1 aliphatic heterocycles. The number of aromatic nitrogens is 2. The van der Waals surface area contributed by atoms with E-state index in [1.165, 1.54) is 5.56 Å². The zero-order valence-electron chi connectivity index (χ0n) is 15.9. The molecule has 1 aromatic heterocycles. The lowest BCUT2D eigenvalue weighted by atomic mass is 9.95. The van der Waals surface area contributed by atoms with E-state index in [4.69, 9.17) is 0 Å². The maximum atomic E-state index is 13.4. The lowest BCUT2D eigenvalue weighted by molar-refractivity contribution is 0.471. The van der Waals surface area contributed by atoms with Gasteiger partial charge in [0, 0.05) is 32.3 Å². The Morgan fingerprint density at radius 2 is 1.56 bits per heavy atom. The van der Waals surface area contributed by atoms with E-state index in [1.54, 1.807) is 8.99 Å². The third kappa shape index (κ3) is 2.91. The SMILES string of the molecule is Cc1c(C)c(C)c(S(=O)(=O)N2CCC(c3cnn(C)c3)C2)c(C)c1C. The third-order valence-electron chi connectivity index (χ3n) is 5.88. The topological polar surface area (TPSA) is 55.2 Å². The van der Waals surface area contributed by atoms with E-state index in [0.29, 0.717) is 18.0 Å². The van der Waals surface area contributed by atoms with Gasteiger partial charge in [0.2, 0.25) is 10.0 Å². The maximum absolute atomic E-state index is 13.4. The molecule has 1 atom stereocenters. The fourth-order valence-corrected chi connectivity index (χ4v) is 5.91. The first-order chi connectivity index (χ1) is 11.6. The fraction of sp³-hybridized carbons (Fsp3) is 0.526. The van der Waals surface area contributed by atoms with Crippen molar-refractivity contribution in [1.29, 1.82) is 0 Å². The Morgan fingerprint density at radius 1 is 1.00 bits per heavy atom. The van der Waals surface area contributed by atoms with Crippen molar-refractivity contribution < 1.29 is 8.42 Å². The largest absolute Gasteiger partial charge is 0.276 e. The lowest BCUT2D eigenvalue weighted by Crippen LogP contribution is -2.30. The predicted molar refractivity (Wildman–Crippen MR) is 99.5 cm³/mol. The molecule has 3 rings (SSSR count). The highest BCUT2D eigenvalue weighted by Gasteiger charge is 2.36. The van der Waals surface area contributed by atoms with Crippen LogP contribution in [-0.4, -0.2) is 35.6 Å². The second-order valence-electron chi connectivity index (χ2n) is 7.25. The van der Waals surface area contributed by atoms with Gasteiger partial charge in [0.25, 0.3) is 0 Å². The number of hydrogen-bond donors (Lipinski definition) is 0. The minimum atomic E-state index is -3.49. The van der Waals surface area contributed by atoms with Crippen LogP contribution in [0.4, 0.5) is 0 Å². The van der Waals surface area contributed by atoms with Crippen molar-refractivity contribution in [2.75, 3.05) is 13.1 Å². The Hall–Kier alpha value is -1.66. The molecule has 1 unspecified atom stereocenters. The van der Waals surface area contributed by atoms with Crippen LogP contribution < -0.4 is 0 Å². The summed E-state index contributed by atoms with van der Waals surface area (Å²) in [6, 6.07) is 0. The molecule has 2 heterocycles. The van der Waals surface area contributed by atoms with Crippen LogP contribution >= 0.6 is 0 Å². The van der Waals surface area contributed by atoms with Crippen LogP contribution in [0.5, 0.6) is 0 Å². The van der Waals surface area contributed by atoms with E-state index in [0.717, 1.165) is 34.2 Å². The minimum Gasteiger partial charge on any atom is -0.276 e. The zero-order valence-corrected chi connectivity index (χ0v) is 16.7. The predicted octanol–water partition coefficient (Wildman–Crippen LogP) is 3.14. The number of sulfonamides is 1. The van der Waals surface area contributed by atoms with Crippen LogP contribution in [0.1, 0.15) is 45.7 Å². The summed E-state index contributed by atoms with van der Waals surface area (Å²) in [5.41, 5.74) is 6.21. The molecule has 0 aliphatic carbocycles. The molecule has 0 bridgehead atoms. The minimum absolute atomic E-state index is 0.219. The van der Waals surface area contributed by atoms with Crippen molar-refractivity contribution in [2.45, 2.75) is 51.9 Å². The Kier molecular flexibility index (Phi) is 4.54. The van der Waals surface area contributed by atoms with Crippen LogP contribution in [-0.2, 0) is 17.1 Å². The van der Waals surface area contributed by atoms with Crippen molar-refractivity contribution in [1.82, 2.24) is 14.1 Å². The summed E-state index contributed by atoms with van der Waals surface area (Å²) in [7, 11) is -1.60. The molecule has 25 heavy (non-hydrogen) atoms. The van der Waals surface area contributed by atoms with Gasteiger partial charge in [-0.15, -0.1) is 0 Å². The highest BCUT2D eigenvalue weighted by atomic mass is 32.2. The van der Waals surface area contributed by atoms with Crippen molar-refractivity contribution in [3.63, 3.8) is 0 Å². The van der Waals surface area contributed by atoms with Crippen LogP contribution in [0.3, 0.4) is 0 Å². The number of rotatable bonds is 3. The lowest BCUT2D eigenvalue weighted by Gasteiger charge is -2.23. The number of nitrogens with zero attached hydrogens (tertiary/aromatic N) is 3. The average molecular weight is 362 g/mol. The van der Waals surface area contributed by atoms with Crippen molar-refractivity contribution in [3.8, 4) is 0 Å². The van der Waals surface area contributed by atoms with Gasteiger partial charge in [0.1, 0.15) is 0 Å². The fourth-order valence-electron chi connectivity index (χ4n) is 3.85. The van der Waals surface area contributed by atoms with Crippen molar-refractivity contribution >= 4 is 10.0 Å². The summed E-state index contributed by atoms with van der Waals surface area (Å²) in [4.78, 5) is 0.500. The van der Waals surface area contributed by atoms with Gasteiger partial charge in [-0.25, -0.2) is 8.42 Å². The molecule has 1 saturated heterocycles. The van der Waals surface area contributed by atoms with Crippen LogP contribution in [0.15, 0.2) is 17.3 Å². The Balaban J connectivity index is 1.99. The molecule has 6 heteroatoms. The quantitative estimate of drug-likeness (QED) is 0.844. The molecule has 0 amide bonds. The molecule has 1 aliphatic rings. The maximum Gasteiger partial charge on any atom is 0.243 e. The zero-order chi connectivity index (χ0) is 18.5. The van der Waals surface area contributed by atoms with Gasteiger partial charge in [0.05, 0.1) is 11.1 Å². The van der Waals surface area contributed by atoms with Gasteiger partial charge in [-0.2, -0.15) is 9.40 Å². The molecular formula is C19H27N3O2S. The second kappa shape index (κ2) is 6.25. The number of benzene rings is 1. The van der Waals surface area contributed by atoms with E-state index in [9.17, 15) is 8.42 Å². The molecule has 1 fully saturated rings. The van der Waals surface area contributed by atoms with Crippen LogP contribution in [0.25, 0.3) is 0 Å². The summed E-state index contributed by atoms with van der Waals surface area (Å²) in [5, 5.41) is 4.22. The van der Waals surface area contributed by atoms with Gasteiger partial charge >= 0.3 is 0 Å². The van der Waals surface area contributed by atoms with Gasteiger partial charge in [-0.3, -0.25) is 4.68 Å². The van der Waals surface area contributed by atoms with Gasteiger partial charge in [-0.05, 0) is 74.4 Å². The van der Waals surface area contributed by atoms with Crippen molar-refractivity contribution in [2.24, 2.45) is 7.05 Å². The summed E-state index contributed by atoms with van der Waals surface area (Å²) in [5.74, 6) is 0.219. The normalized spacial score (nSPS) is 18.9. The van der Waals surface area contributed by atoms with E-state index >= 15 is 0 Å². The Labute approximate surface area is 150 Å². The second-order valence-corrected chi connectivity index (χ2v) is 9.12. The standard InChI is InChI=1S/C19H27N3O2S/c1-12-13(2)15(4)19(16(5)14(12)3)25(23,24)22-8-7-17(11-22)18-9-20-21(6)10-18/h9-10,17H,7-8,11H2,1-6H3. The molecule has 0 spiro atoms. The first-order valence-electron chi connectivity index (χ1n) is 8.70. The molecule has 0 saturated carbocycles. The molecule has 5 nitrogen and oxygen atoms in total. The highest BCUT2D eigenvalue weighted by Crippen LogP contribution is 2.35.